The van der Waals surface area contributed by atoms with E-state index in [1.54, 1.807) is 17.3 Å². The number of benzene rings is 1. The topological polar surface area (TPSA) is 101 Å². The molecule has 43 heavy (non-hydrogen) atoms. The van der Waals surface area contributed by atoms with E-state index in [4.69, 9.17) is 29.0 Å². The van der Waals surface area contributed by atoms with Gasteiger partial charge in [0.1, 0.15) is 23.1 Å². The molecule has 228 valence electrons. The number of carbonyl (C=O) groups is 1. The van der Waals surface area contributed by atoms with Crippen molar-refractivity contribution < 1.29 is 23.7 Å². The number of hydrogen-bond donors (Lipinski definition) is 0. The third kappa shape index (κ3) is 5.87. The van der Waals surface area contributed by atoms with Crippen molar-refractivity contribution in [3.8, 4) is 17.3 Å². The second-order valence-corrected chi connectivity index (χ2v) is 13.3. The summed E-state index contributed by atoms with van der Waals surface area (Å²) in [5, 5.41) is 6.10. The molecule has 1 aromatic carbocycles. The monoisotopic (exact) mass is 587 g/mol. The highest BCUT2D eigenvalue weighted by molar-refractivity contribution is 5.94. The second kappa shape index (κ2) is 11.2. The Morgan fingerprint density at radius 3 is 2.74 bits per heavy atom. The number of amides is 1. The lowest BCUT2D eigenvalue weighted by Crippen LogP contribution is -2.51. The number of carbonyl (C=O) groups excluding carboxylic acids is 1. The molecule has 3 aliphatic heterocycles. The van der Waals surface area contributed by atoms with Gasteiger partial charge in [-0.25, -0.2) is 14.5 Å². The average molecular weight is 588 g/mol. The van der Waals surface area contributed by atoms with Crippen LogP contribution in [0, 0.1) is 5.41 Å². The van der Waals surface area contributed by atoms with Gasteiger partial charge in [0.15, 0.2) is 6.23 Å². The van der Waals surface area contributed by atoms with E-state index in [2.05, 4.69) is 29.3 Å². The summed E-state index contributed by atoms with van der Waals surface area (Å²) in [5.41, 5.74) is 4.42. The van der Waals surface area contributed by atoms with E-state index in [9.17, 15) is 4.79 Å². The maximum Gasteiger partial charge on any atom is 0.410 e. The molecule has 1 aliphatic carbocycles. The molecule has 2 unspecified atom stereocenters. The van der Waals surface area contributed by atoms with Crippen LogP contribution in [-0.2, 0) is 14.2 Å². The summed E-state index contributed by atoms with van der Waals surface area (Å²) in [4.78, 5) is 24.1. The van der Waals surface area contributed by atoms with Crippen LogP contribution < -0.4 is 4.74 Å². The average Bonchev–Trinajstić information content (AvgIpc) is 3.69. The van der Waals surface area contributed by atoms with Gasteiger partial charge in [0, 0.05) is 24.0 Å². The smallest absolute Gasteiger partial charge is 0.410 e. The van der Waals surface area contributed by atoms with Crippen LogP contribution in [0.2, 0.25) is 0 Å². The number of piperidine rings is 1. The molecule has 4 aliphatic rings. The van der Waals surface area contributed by atoms with Crippen LogP contribution in [0.5, 0.6) is 5.88 Å². The van der Waals surface area contributed by atoms with E-state index in [1.165, 1.54) is 11.1 Å². The predicted octanol–water partition coefficient (Wildman–Crippen LogP) is 6.16. The van der Waals surface area contributed by atoms with Crippen molar-refractivity contribution >= 4 is 22.6 Å². The van der Waals surface area contributed by atoms with Crippen molar-refractivity contribution in [3.05, 3.63) is 42.2 Å². The quantitative estimate of drug-likeness (QED) is 0.350. The van der Waals surface area contributed by atoms with Crippen molar-refractivity contribution in [3.63, 3.8) is 0 Å². The molecule has 5 heterocycles. The Morgan fingerprint density at radius 2 is 2.00 bits per heavy atom. The molecule has 2 aromatic heterocycles. The second-order valence-electron chi connectivity index (χ2n) is 13.3. The molecule has 7 rings (SSSR count). The minimum Gasteiger partial charge on any atom is -0.471 e. The fourth-order valence-corrected chi connectivity index (χ4v) is 6.51. The molecule has 10 heteroatoms. The van der Waals surface area contributed by atoms with Crippen LogP contribution in [0.25, 0.3) is 27.9 Å². The maximum absolute atomic E-state index is 12.9. The van der Waals surface area contributed by atoms with Crippen LogP contribution in [0.3, 0.4) is 0 Å². The van der Waals surface area contributed by atoms with Gasteiger partial charge in [0.2, 0.25) is 5.88 Å². The summed E-state index contributed by atoms with van der Waals surface area (Å²) < 4.78 is 25.9. The largest absolute Gasteiger partial charge is 0.471 e. The molecule has 1 saturated carbocycles. The number of ether oxygens (including phenoxy) is 4. The molecule has 0 bridgehead atoms. The number of likely N-dealkylation sites (tertiary alicyclic amines) is 1. The molecule has 3 fully saturated rings. The minimum absolute atomic E-state index is 0.0785. The number of hydrogen-bond acceptors (Lipinski definition) is 8. The van der Waals surface area contributed by atoms with Crippen molar-refractivity contribution in [1.82, 2.24) is 24.6 Å². The molecule has 10 nitrogen and oxygen atoms in total. The van der Waals surface area contributed by atoms with E-state index < -0.39 is 5.60 Å². The van der Waals surface area contributed by atoms with E-state index in [1.807, 2.05) is 25.5 Å². The molecule has 1 amide bonds. The Kier molecular flexibility index (Phi) is 7.37. The molecule has 1 spiro atoms. The Labute approximate surface area is 252 Å². The number of rotatable bonds is 5. The Balaban J connectivity index is 1.20. The van der Waals surface area contributed by atoms with Crippen molar-refractivity contribution in [2.45, 2.75) is 83.6 Å². The molecule has 0 N–H and O–H groups in total. The summed E-state index contributed by atoms with van der Waals surface area (Å²) in [6, 6.07) is 6.53. The van der Waals surface area contributed by atoms with Crippen molar-refractivity contribution in [1.29, 1.82) is 0 Å². The van der Waals surface area contributed by atoms with Gasteiger partial charge in [0.05, 0.1) is 37.7 Å². The summed E-state index contributed by atoms with van der Waals surface area (Å²) in [7, 11) is 0. The highest BCUT2D eigenvalue weighted by Crippen LogP contribution is 2.55. The Bertz CT molecular complexity index is 1530. The van der Waals surface area contributed by atoms with Crippen molar-refractivity contribution in [2.75, 3.05) is 32.9 Å². The Morgan fingerprint density at radius 1 is 1.12 bits per heavy atom. The first-order valence-corrected chi connectivity index (χ1v) is 15.7. The van der Waals surface area contributed by atoms with Crippen LogP contribution in [0.15, 0.2) is 36.7 Å². The highest BCUT2D eigenvalue weighted by atomic mass is 16.6. The zero-order valence-corrected chi connectivity index (χ0v) is 25.4. The van der Waals surface area contributed by atoms with Crippen molar-refractivity contribution in [2.24, 2.45) is 5.41 Å². The summed E-state index contributed by atoms with van der Waals surface area (Å²) in [6.45, 7) is 8.92. The summed E-state index contributed by atoms with van der Waals surface area (Å²) >= 11 is 0. The molecular formula is C33H41N5O5. The van der Waals surface area contributed by atoms with E-state index >= 15 is 0 Å². The van der Waals surface area contributed by atoms with Gasteiger partial charge >= 0.3 is 6.09 Å². The zero-order chi connectivity index (χ0) is 29.6. The van der Waals surface area contributed by atoms with Crippen LogP contribution in [0.1, 0.15) is 77.5 Å². The van der Waals surface area contributed by atoms with E-state index in [0.717, 1.165) is 74.8 Å². The van der Waals surface area contributed by atoms with Gasteiger partial charge in [-0.15, -0.1) is 0 Å². The number of fused-ring (bicyclic) bond motifs is 1. The number of nitrogens with zero attached hydrogens (tertiary/aromatic N) is 5. The molecule has 0 radical (unpaired) electrons. The molecule has 3 aromatic rings. The lowest BCUT2D eigenvalue weighted by atomic mass is 9.90. The standard InChI is InChI=1S/C33H41N5O5/c1-32(2,3)43-31(39)37-14-13-33(11-12-33)27(21-37)42-28-20-34-19-25(35-28)30-24-18-23(22-9-16-40-17-10-22)7-8-26(24)38(36-30)29-6-4-5-15-41-29/h7-9,18-20,27,29H,4-6,10-17,21H2,1-3H3. The molecule has 2 atom stereocenters. The van der Waals surface area contributed by atoms with Gasteiger partial charge in [-0.3, -0.25) is 4.98 Å². The summed E-state index contributed by atoms with van der Waals surface area (Å²) in [6.07, 6.45) is 12.1. The first kappa shape index (κ1) is 28.3. The maximum atomic E-state index is 12.9. The van der Waals surface area contributed by atoms with Gasteiger partial charge in [0.25, 0.3) is 0 Å². The molecule has 2 saturated heterocycles. The normalized spacial score (nSPS) is 23.7. The van der Waals surface area contributed by atoms with Crippen LogP contribution in [-0.4, -0.2) is 75.4 Å². The first-order valence-electron chi connectivity index (χ1n) is 15.7. The first-order chi connectivity index (χ1) is 20.8. The fraction of sp³-hybridized carbons (Fsp3) is 0.576. The lowest BCUT2D eigenvalue weighted by Gasteiger charge is -2.39. The van der Waals surface area contributed by atoms with Gasteiger partial charge in [-0.1, -0.05) is 12.1 Å². The van der Waals surface area contributed by atoms with Crippen LogP contribution in [0.4, 0.5) is 4.79 Å². The predicted molar refractivity (Wildman–Crippen MR) is 162 cm³/mol. The van der Waals surface area contributed by atoms with Gasteiger partial charge in [-0.2, -0.15) is 5.10 Å². The fourth-order valence-electron chi connectivity index (χ4n) is 6.51. The Hall–Kier alpha value is -3.50. The van der Waals surface area contributed by atoms with Gasteiger partial charge < -0.3 is 23.8 Å². The SMILES string of the molecule is CC(C)(C)OC(=O)N1CCC2(CC2)C(Oc2cncc(-c3nn(C4CCCCO4)c4ccc(C5=CCOCC5)cc34)n2)C1. The molecular weight excluding hydrogens is 546 g/mol. The van der Waals surface area contributed by atoms with E-state index in [-0.39, 0.29) is 23.8 Å². The summed E-state index contributed by atoms with van der Waals surface area (Å²) in [5.74, 6) is 0.444. The highest BCUT2D eigenvalue weighted by Gasteiger charge is 2.54. The third-order valence-corrected chi connectivity index (χ3v) is 9.08. The van der Waals surface area contributed by atoms with Crippen LogP contribution >= 0.6 is 0 Å². The minimum atomic E-state index is -0.544. The van der Waals surface area contributed by atoms with E-state index in [0.29, 0.717) is 31.3 Å². The van der Waals surface area contributed by atoms with Gasteiger partial charge in [-0.05, 0) is 89.0 Å². The third-order valence-electron chi connectivity index (χ3n) is 9.08. The number of aromatic nitrogens is 4. The zero-order valence-electron chi connectivity index (χ0n) is 25.4. The lowest BCUT2D eigenvalue weighted by molar-refractivity contribution is -0.0365.